The molecular formula is C20H24N4O4S. The van der Waals surface area contributed by atoms with E-state index in [-0.39, 0.29) is 11.7 Å². The second kappa shape index (κ2) is 9.34. The van der Waals surface area contributed by atoms with Gasteiger partial charge in [-0.05, 0) is 25.5 Å². The van der Waals surface area contributed by atoms with Gasteiger partial charge in [-0.1, -0.05) is 22.6 Å². The first kappa shape index (κ1) is 19.8. The van der Waals surface area contributed by atoms with Crippen LogP contribution in [0.3, 0.4) is 0 Å². The molecule has 1 aromatic carbocycles. The molecule has 1 aliphatic rings. The molecule has 0 N–H and O–H groups in total. The molecule has 0 saturated carbocycles. The molecule has 0 radical (unpaired) electrons. The molecule has 1 fully saturated rings. The average Bonchev–Trinajstić information content (AvgIpc) is 3.42. The fourth-order valence-electron chi connectivity index (χ4n) is 3.32. The minimum atomic E-state index is -0.235. The molecule has 0 unspecified atom stereocenters. The number of hydrogen-bond donors (Lipinski definition) is 0. The van der Waals surface area contributed by atoms with Crippen molar-refractivity contribution >= 4 is 32.6 Å². The number of nitrogens with zero attached hydrogens (tertiary/aromatic N) is 4. The Bertz CT molecular complexity index is 937. The highest BCUT2D eigenvalue weighted by atomic mass is 32.1. The number of carbonyl (C=O) groups excluding carboxylic acids is 1. The maximum absolute atomic E-state index is 13.1. The van der Waals surface area contributed by atoms with E-state index < -0.39 is 0 Å². The van der Waals surface area contributed by atoms with Crippen molar-refractivity contribution < 1.29 is 18.8 Å². The summed E-state index contributed by atoms with van der Waals surface area (Å²) in [5.41, 5.74) is 0.776. The summed E-state index contributed by atoms with van der Waals surface area (Å²) in [5.74, 6) is 0.704. The SMILES string of the molecule is CCOc1cccc2sc(N(CCCN3CCOCC3)C(=O)c3ccno3)nc12. The topological polar surface area (TPSA) is 80.9 Å². The lowest BCUT2D eigenvalue weighted by atomic mass is 10.3. The summed E-state index contributed by atoms with van der Waals surface area (Å²) in [6.07, 6.45) is 2.30. The summed E-state index contributed by atoms with van der Waals surface area (Å²) >= 11 is 1.48. The van der Waals surface area contributed by atoms with Crippen molar-refractivity contribution in [3.05, 3.63) is 36.2 Å². The van der Waals surface area contributed by atoms with Crippen molar-refractivity contribution in [2.75, 3.05) is 50.9 Å². The van der Waals surface area contributed by atoms with E-state index in [1.807, 2.05) is 25.1 Å². The van der Waals surface area contributed by atoms with Crippen molar-refractivity contribution in [2.45, 2.75) is 13.3 Å². The van der Waals surface area contributed by atoms with Crippen LogP contribution in [0.15, 0.2) is 35.0 Å². The average molecular weight is 417 g/mol. The summed E-state index contributed by atoms with van der Waals surface area (Å²) in [6.45, 7) is 7.32. The normalized spacial score (nSPS) is 14.9. The minimum absolute atomic E-state index is 0.209. The zero-order valence-electron chi connectivity index (χ0n) is 16.4. The number of para-hydroxylation sites is 1. The van der Waals surface area contributed by atoms with Gasteiger partial charge in [0.2, 0.25) is 5.76 Å². The monoisotopic (exact) mass is 416 g/mol. The molecule has 8 nitrogen and oxygen atoms in total. The Morgan fingerprint density at radius 3 is 2.93 bits per heavy atom. The first-order valence-corrected chi connectivity index (χ1v) is 10.6. The van der Waals surface area contributed by atoms with Gasteiger partial charge in [-0.2, -0.15) is 0 Å². The molecule has 2 aromatic heterocycles. The standard InChI is InChI=1S/C20H24N4O4S/c1-2-27-15-5-3-6-17-18(15)22-20(29-17)24(19(25)16-7-8-21-28-16)10-4-9-23-11-13-26-14-12-23/h3,5-8H,2,4,9-14H2,1H3. The zero-order chi connectivity index (χ0) is 20.1. The third kappa shape index (κ3) is 4.58. The van der Waals surface area contributed by atoms with Crippen molar-refractivity contribution in [1.82, 2.24) is 15.0 Å². The van der Waals surface area contributed by atoms with Crippen molar-refractivity contribution in [3.8, 4) is 5.75 Å². The molecule has 0 spiro atoms. The molecule has 1 amide bonds. The zero-order valence-corrected chi connectivity index (χ0v) is 17.2. The van der Waals surface area contributed by atoms with Crippen LogP contribution in [0.25, 0.3) is 10.2 Å². The Labute approximate surface area is 173 Å². The largest absolute Gasteiger partial charge is 0.492 e. The smallest absolute Gasteiger partial charge is 0.298 e. The highest BCUT2D eigenvalue weighted by Gasteiger charge is 2.25. The van der Waals surface area contributed by atoms with Crippen LogP contribution >= 0.6 is 11.3 Å². The van der Waals surface area contributed by atoms with E-state index in [1.165, 1.54) is 17.5 Å². The van der Waals surface area contributed by atoms with E-state index in [1.54, 1.807) is 11.0 Å². The number of morpholine rings is 1. The van der Waals surface area contributed by atoms with E-state index in [2.05, 4.69) is 10.1 Å². The summed E-state index contributed by atoms with van der Waals surface area (Å²) in [6, 6.07) is 7.41. The van der Waals surface area contributed by atoms with Crippen LogP contribution in [0.5, 0.6) is 5.75 Å². The maximum atomic E-state index is 13.1. The molecule has 0 bridgehead atoms. The predicted octanol–water partition coefficient (Wildman–Crippen LogP) is 3.05. The number of anilines is 1. The van der Waals surface area contributed by atoms with E-state index in [4.69, 9.17) is 19.0 Å². The molecular weight excluding hydrogens is 392 g/mol. The van der Waals surface area contributed by atoms with Crippen molar-refractivity contribution in [1.29, 1.82) is 0 Å². The number of hydrogen-bond acceptors (Lipinski definition) is 8. The highest BCUT2D eigenvalue weighted by Crippen LogP contribution is 2.34. The van der Waals surface area contributed by atoms with Gasteiger partial charge in [-0.3, -0.25) is 14.6 Å². The number of ether oxygens (including phenoxy) is 2. The Hall–Kier alpha value is -2.49. The van der Waals surface area contributed by atoms with Crippen molar-refractivity contribution in [2.24, 2.45) is 0 Å². The van der Waals surface area contributed by atoms with Crippen LogP contribution in [-0.2, 0) is 4.74 Å². The van der Waals surface area contributed by atoms with Gasteiger partial charge in [0, 0.05) is 32.2 Å². The van der Waals surface area contributed by atoms with Crippen LogP contribution in [-0.4, -0.2) is 66.9 Å². The molecule has 3 aromatic rings. The van der Waals surface area contributed by atoms with Crippen LogP contribution < -0.4 is 9.64 Å². The minimum Gasteiger partial charge on any atom is -0.492 e. The number of aromatic nitrogens is 2. The van der Waals surface area contributed by atoms with E-state index >= 15 is 0 Å². The summed E-state index contributed by atoms with van der Waals surface area (Å²) in [4.78, 5) is 21.8. The third-order valence-corrected chi connectivity index (χ3v) is 5.80. The van der Waals surface area contributed by atoms with Gasteiger partial charge in [0.05, 0.1) is 30.7 Å². The Kier molecular flexibility index (Phi) is 6.38. The van der Waals surface area contributed by atoms with E-state index in [0.717, 1.165) is 55.2 Å². The summed E-state index contributed by atoms with van der Waals surface area (Å²) < 4.78 is 17.2. The number of fused-ring (bicyclic) bond motifs is 1. The van der Waals surface area contributed by atoms with Gasteiger partial charge in [0.25, 0.3) is 5.91 Å². The van der Waals surface area contributed by atoms with Gasteiger partial charge in [-0.15, -0.1) is 0 Å². The van der Waals surface area contributed by atoms with Crippen LogP contribution in [0.1, 0.15) is 23.9 Å². The van der Waals surface area contributed by atoms with Gasteiger partial charge in [0.1, 0.15) is 11.3 Å². The number of rotatable bonds is 8. The molecule has 0 aliphatic carbocycles. The van der Waals surface area contributed by atoms with Crippen LogP contribution in [0.4, 0.5) is 5.13 Å². The summed E-state index contributed by atoms with van der Waals surface area (Å²) in [5, 5.41) is 4.31. The lowest BCUT2D eigenvalue weighted by Gasteiger charge is -2.27. The molecule has 3 heterocycles. The molecule has 4 rings (SSSR count). The quantitative estimate of drug-likeness (QED) is 0.558. The molecule has 0 atom stereocenters. The lowest BCUT2D eigenvalue weighted by molar-refractivity contribution is 0.0376. The first-order chi connectivity index (χ1) is 14.3. The third-order valence-electron chi connectivity index (χ3n) is 4.75. The van der Waals surface area contributed by atoms with Gasteiger partial charge in [0.15, 0.2) is 5.13 Å². The van der Waals surface area contributed by atoms with Gasteiger partial charge < -0.3 is 14.0 Å². The first-order valence-electron chi connectivity index (χ1n) is 9.81. The Balaban J connectivity index is 1.56. The summed E-state index contributed by atoms with van der Waals surface area (Å²) in [7, 11) is 0. The lowest BCUT2D eigenvalue weighted by Crippen LogP contribution is -2.39. The highest BCUT2D eigenvalue weighted by molar-refractivity contribution is 7.22. The van der Waals surface area contributed by atoms with Gasteiger partial charge in [-0.25, -0.2) is 4.98 Å². The predicted molar refractivity (Wildman–Crippen MR) is 111 cm³/mol. The Morgan fingerprint density at radius 2 is 2.17 bits per heavy atom. The van der Waals surface area contributed by atoms with Gasteiger partial charge >= 0.3 is 0 Å². The number of thiazole rings is 1. The number of benzene rings is 1. The fraction of sp³-hybridized carbons (Fsp3) is 0.450. The maximum Gasteiger partial charge on any atom is 0.298 e. The van der Waals surface area contributed by atoms with Crippen molar-refractivity contribution in [3.63, 3.8) is 0 Å². The molecule has 154 valence electrons. The molecule has 9 heteroatoms. The molecule has 1 aliphatic heterocycles. The second-order valence-electron chi connectivity index (χ2n) is 6.67. The number of amides is 1. The van der Waals surface area contributed by atoms with E-state index in [9.17, 15) is 4.79 Å². The Morgan fingerprint density at radius 1 is 1.31 bits per heavy atom. The number of carbonyl (C=O) groups is 1. The van der Waals surface area contributed by atoms with Crippen LogP contribution in [0.2, 0.25) is 0 Å². The molecule has 29 heavy (non-hydrogen) atoms. The van der Waals surface area contributed by atoms with E-state index in [0.29, 0.717) is 18.3 Å². The second-order valence-corrected chi connectivity index (χ2v) is 7.68. The fourth-order valence-corrected chi connectivity index (χ4v) is 4.33. The van der Waals surface area contributed by atoms with Crippen LogP contribution in [0, 0.1) is 0 Å². The molecule has 1 saturated heterocycles.